The van der Waals surface area contributed by atoms with Crippen LogP contribution in [-0.4, -0.2) is 31.3 Å². The van der Waals surface area contributed by atoms with Gasteiger partial charge in [0.05, 0.1) is 10.3 Å². The molecule has 0 aliphatic heterocycles. The fourth-order valence-electron chi connectivity index (χ4n) is 3.71. The topological polar surface area (TPSA) is 139 Å². The molecule has 9 nitrogen and oxygen atoms in total. The molecule has 174 valence electrons. The summed E-state index contributed by atoms with van der Waals surface area (Å²) >= 11 is 0. The monoisotopic (exact) mass is 480 g/mol. The average Bonchev–Trinajstić information content (AvgIpc) is 3.10. The van der Waals surface area contributed by atoms with Gasteiger partial charge in [0.2, 0.25) is 21.6 Å². The number of ketones is 1. The molecule has 2 N–H and O–H groups in total. The minimum Gasteiger partial charge on any atom is -0.451 e. The van der Waals surface area contributed by atoms with Crippen molar-refractivity contribution in [2.45, 2.75) is 18.7 Å². The second kappa shape index (κ2) is 8.73. The van der Waals surface area contributed by atoms with Gasteiger partial charge in [0.15, 0.2) is 12.0 Å². The number of aromatic nitrogens is 1. The number of hydrogen-bond donors (Lipinski definition) is 1. The highest BCUT2D eigenvalue weighted by molar-refractivity contribution is 7.89. The van der Waals surface area contributed by atoms with Crippen LogP contribution in [0.5, 0.6) is 0 Å². The molecule has 0 atom stereocenters. The van der Waals surface area contributed by atoms with Crippen LogP contribution in [0.15, 0.2) is 74.8 Å². The Morgan fingerprint density at radius 3 is 2.38 bits per heavy atom. The Labute approximate surface area is 194 Å². The van der Waals surface area contributed by atoms with Crippen LogP contribution in [0.4, 0.5) is 0 Å². The number of sulfonamides is 1. The molecule has 0 amide bonds. The first kappa shape index (κ1) is 23.1. The number of nitrogens with zero attached hydrogens (tertiary/aromatic N) is 1. The van der Waals surface area contributed by atoms with Crippen molar-refractivity contribution in [3.05, 3.63) is 93.6 Å². The van der Waals surface area contributed by atoms with E-state index in [0.717, 1.165) is 11.8 Å². The number of carbonyl (C=O) groups is 2. The maximum absolute atomic E-state index is 12.8. The van der Waals surface area contributed by atoms with E-state index in [1.165, 1.54) is 12.1 Å². The molecule has 4 rings (SSSR count). The lowest BCUT2D eigenvalue weighted by atomic mass is 10.1. The SMILES string of the molecule is Cc1cc(C(=O)COC(=O)c2cc(=O)c3ccccc3o2)c(C)n1-c1ccc(S(N)(=O)=O)cc1. The number of fused-ring (bicyclic) bond motifs is 1. The van der Waals surface area contributed by atoms with Crippen molar-refractivity contribution < 1.29 is 27.2 Å². The molecule has 0 aliphatic carbocycles. The van der Waals surface area contributed by atoms with Crippen LogP contribution in [-0.2, 0) is 14.8 Å². The van der Waals surface area contributed by atoms with Crippen LogP contribution >= 0.6 is 0 Å². The summed E-state index contributed by atoms with van der Waals surface area (Å²) in [5.41, 5.74) is 2.12. The van der Waals surface area contributed by atoms with Gasteiger partial charge in [-0.1, -0.05) is 12.1 Å². The number of ether oxygens (including phenoxy) is 1. The standard InChI is InChI=1S/C24H20N2O7S/c1-14-11-19(15(2)26(14)16-7-9-17(10-8-16)34(25,30)31)21(28)13-32-24(29)23-12-20(27)18-5-3-4-6-22(18)33-23/h3-12H,13H2,1-2H3,(H2,25,30,31). The van der Waals surface area contributed by atoms with Crippen molar-refractivity contribution >= 4 is 32.7 Å². The van der Waals surface area contributed by atoms with E-state index in [1.54, 1.807) is 60.9 Å². The van der Waals surface area contributed by atoms with E-state index >= 15 is 0 Å². The molecule has 34 heavy (non-hydrogen) atoms. The Hall–Kier alpha value is -4.02. The lowest BCUT2D eigenvalue weighted by molar-refractivity contribution is 0.0444. The minimum atomic E-state index is -3.82. The zero-order chi connectivity index (χ0) is 24.6. The predicted octanol–water partition coefficient (Wildman–Crippen LogP) is 2.89. The molecule has 2 aromatic carbocycles. The third-order valence-electron chi connectivity index (χ3n) is 5.33. The molecule has 0 unspecified atom stereocenters. The van der Waals surface area contributed by atoms with Gasteiger partial charge in [-0.3, -0.25) is 9.59 Å². The largest absolute Gasteiger partial charge is 0.451 e. The number of primary sulfonamides is 1. The van der Waals surface area contributed by atoms with Crippen molar-refractivity contribution in [1.82, 2.24) is 4.57 Å². The Balaban J connectivity index is 1.53. The van der Waals surface area contributed by atoms with Crippen molar-refractivity contribution in [2.75, 3.05) is 6.61 Å². The zero-order valence-electron chi connectivity index (χ0n) is 18.3. The second-order valence-corrected chi connectivity index (χ2v) is 9.19. The van der Waals surface area contributed by atoms with Crippen LogP contribution < -0.4 is 10.6 Å². The highest BCUT2D eigenvalue weighted by Gasteiger charge is 2.20. The highest BCUT2D eigenvalue weighted by atomic mass is 32.2. The quantitative estimate of drug-likeness (QED) is 0.331. The number of hydrogen-bond acceptors (Lipinski definition) is 7. The summed E-state index contributed by atoms with van der Waals surface area (Å²) < 4.78 is 35.3. The first-order valence-corrected chi connectivity index (χ1v) is 11.7. The van der Waals surface area contributed by atoms with Crippen LogP contribution in [0, 0.1) is 13.8 Å². The molecule has 2 aromatic heterocycles. The zero-order valence-corrected chi connectivity index (χ0v) is 19.1. The van der Waals surface area contributed by atoms with Gasteiger partial charge in [-0.25, -0.2) is 18.4 Å². The summed E-state index contributed by atoms with van der Waals surface area (Å²) in [6, 6.07) is 15.1. The first-order chi connectivity index (χ1) is 16.1. The van der Waals surface area contributed by atoms with Gasteiger partial charge in [-0.15, -0.1) is 0 Å². The van der Waals surface area contributed by atoms with Gasteiger partial charge in [0, 0.05) is 28.7 Å². The Bertz CT molecular complexity index is 1600. The van der Waals surface area contributed by atoms with Crippen LogP contribution in [0.25, 0.3) is 16.7 Å². The van der Waals surface area contributed by atoms with E-state index in [4.69, 9.17) is 14.3 Å². The summed E-state index contributed by atoms with van der Waals surface area (Å²) in [5, 5.41) is 5.47. The molecule has 0 saturated carbocycles. The lowest BCUT2D eigenvalue weighted by Crippen LogP contribution is -2.16. The van der Waals surface area contributed by atoms with E-state index in [0.29, 0.717) is 22.3 Å². The van der Waals surface area contributed by atoms with Gasteiger partial charge in [0.25, 0.3) is 0 Å². The van der Waals surface area contributed by atoms with Gasteiger partial charge < -0.3 is 13.7 Å². The summed E-state index contributed by atoms with van der Waals surface area (Å²) in [6.07, 6.45) is 0. The molecule has 0 radical (unpaired) electrons. The highest BCUT2D eigenvalue weighted by Crippen LogP contribution is 2.23. The number of esters is 1. The van der Waals surface area contributed by atoms with E-state index in [1.807, 2.05) is 0 Å². The van der Waals surface area contributed by atoms with Crippen molar-refractivity contribution in [2.24, 2.45) is 5.14 Å². The van der Waals surface area contributed by atoms with Gasteiger partial charge in [-0.05, 0) is 56.3 Å². The molecular formula is C24H20N2O7S. The number of para-hydroxylation sites is 1. The number of carbonyl (C=O) groups excluding carboxylic acids is 2. The summed E-state index contributed by atoms with van der Waals surface area (Å²) in [7, 11) is -3.82. The smallest absolute Gasteiger partial charge is 0.374 e. The fourth-order valence-corrected chi connectivity index (χ4v) is 4.23. The molecule has 0 fully saturated rings. The van der Waals surface area contributed by atoms with E-state index in [9.17, 15) is 22.8 Å². The van der Waals surface area contributed by atoms with Crippen LogP contribution in [0.2, 0.25) is 0 Å². The third kappa shape index (κ3) is 4.41. The van der Waals surface area contributed by atoms with Gasteiger partial charge in [-0.2, -0.15) is 0 Å². The molecule has 0 aliphatic rings. The Morgan fingerprint density at radius 1 is 1.03 bits per heavy atom. The first-order valence-electron chi connectivity index (χ1n) is 10.1. The van der Waals surface area contributed by atoms with Gasteiger partial charge >= 0.3 is 5.97 Å². The van der Waals surface area contributed by atoms with Crippen molar-refractivity contribution in [3.8, 4) is 5.69 Å². The number of benzene rings is 2. The molecular weight excluding hydrogens is 460 g/mol. The molecule has 10 heteroatoms. The minimum absolute atomic E-state index is 0.0257. The maximum Gasteiger partial charge on any atom is 0.374 e. The molecule has 0 bridgehead atoms. The number of rotatable bonds is 6. The van der Waals surface area contributed by atoms with E-state index in [-0.39, 0.29) is 16.2 Å². The average molecular weight is 480 g/mol. The Morgan fingerprint density at radius 2 is 1.71 bits per heavy atom. The summed E-state index contributed by atoms with van der Waals surface area (Å²) in [4.78, 5) is 37.3. The third-order valence-corrected chi connectivity index (χ3v) is 6.25. The number of Topliss-reactive ketones (excluding diaryl/α,β-unsaturated/α-hetero) is 1. The second-order valence-electron chi connectivity index (χ2n) is 7.63. The molecule has 0 spiro atoms. The summed E-state index contributed by atoms with van der Waals surface area (Å²) in [6.45, 7) is 2.95. The number of aryl methyl sites for hydroxylation is 1. The molecule has 0 saturated heterocycles. The van der Waals surface area contributed by atoms with Crippen molar-refractivity contribution in [3.63, 3.8) is 0 Å². The van der Waals surface area contributed by atoms with E-state index < -0.39 is 33.8 Å². The predicted molar refractivity (Wildman–Crippen MR) is 124 cm³/mol. The van der Waals surface area contributed by atoms with Crippen molar-refractivity contribution in [1.29, 1.82) is 0 Å². The fraction of sp³-hybridized carbons (Fsp3) is 0.125. The lowest BCUT2D eigenvalue weighted by Gasteiger charge is -2.10. The Kier molecular flexibility index (Phi) is 5.94. The van der Waals surface area contributed by atoms with Crippen LogP contribution in [0.1, 0.15) is 32.3 Å². The van der Waals surface area contributed by atoms with Crippen LogP contribution in [0.3, 0.4) is 0 Å². The number of nitrogens with two attached hydrogens (primary N) is 1. The maximum atomic E-state index is 12.8. The van der Waals surface area contributed by atoms with Gasteiger partial charge in [0.1, 0.15) is 5.58 Å². The molecule has 4 aromatic rings. The normalized spacial score (nSPS) is 11.5. The molecule has 2 heterocycles. The van der Waals surface area contributed by atoms with E-state index in [2.05, 4.69) is 0 Å². The summed E-state index contributed by atoms with van der Waals surface area (Å²) in [5.74, 6) is -1.67.